The first-order valence-corrected chi connectivity index (χ1v) is 6.41. The summed E-state index contributed by atoms with van der Waals surface area (Å²) in [7, 11) is 1.76. The molecule has 90 valence electrons. The zero-order chi connectivity index (χ0) is 11.1. The fourth-order valence-electron chi connectivity index (χ4n) is 2.73. The molecule has 2 heteroatoms. The van der Waals surface area contributed by atoms with Gasteiger partial charge in [0.05, 0.1) is 6.61 Å². The lowest BCUT2D eigenvalue weighted by Crippen LogP contribution is -2.41. The molecule has 0 bridgehead atoms. The minimum absolute atomic E-state index is 0.561. The highest BCUT2D eigenvalue weighted by atomic mass is 16.5. The molecule has 1 aliphatic carbocycles. The van der Waals surface area contributed by atoms with Crippen LogP contribution in [0, 0.1) is 11.3 Å². The third-order valence-corrected chi connectivity index (χ3v) is 4.03. The third-order valence-electron chi connectivity index (χ3n) is 4.03. The van der Waals surface area contributed by atoms with Gasteiger partial charge < -0.3 is 10.1 Å². The lowest BCUT2D eigenvalue weighted by molar-refractivity contribution is 0.110. The number of nitrogens with one attached hydrogen (secondary N) is 1. The lowest BCUT2D eigenvalue weighted by Gasteiger charge is -2.41. The smallest absolute Gasteiger partial charge is 0.0587 e. The molecule has 0 aromatic rings. The van der Waals surface area contributed by atoms with Crippen molar-refractivity contribution in [2.45, 2.75) is 46.0 Å². The van der Waals surface area contributed by atoms with Gasteiger partial charge in [-0.25, -0.2) is 0 Å². The van der Waals surface area contributed by atoms with Gasteiger partial charge in [-0.1, -0.05) is 33.1 Å². The third kappa shape index (κ3) is 3.76. The summed E-state index contributed by atoms with van der Waals surface area (Å²) < 4.78 is 5.06. The highest BCUT2D eigenvalue weighted by Gasteiger charge is 2.34. The first-order chi connectivity index (χ1) is 7.21. The van der Waals surface area contributed by atoms with E-state index in [4.69, 9.17) is 4.74 Å². The van der Waals surface area contributed by atoms with Crippen molar-refractivity contribution in [2.75, 3.05) is 26.8 Å². The van der Waals surface area contributed by atoms with Crippen molar-refractivity contribution in [3.8, 4) is 0 Å². The van der Waals surface area contributed by atoms with Gasteiger partial charge in [-0.05, 0) is 24.2 Å². The van der Waals surface area contributed by atoms with Crippen LogP contribution in [0.3, 0.4) is 0 Å². The average Bonchev–Trinajstić information content (AvgIpc) is 2.26. The molecular formula is C13H27NO. The summed E-state index contributed by atoms with van der Waals surface area (Å²) in [5.41, 5.74) is 0.561. The molecule has 0 heterocycles. The highest BCUT2D eigenvalue weighted by Crippen LogP contribution is 2.41. The summed E-state index contributed by atoms with van der Waals surface area (Å²) in [5.74, 6) is 0.799. The minimum Gasteiger partial charge on any atom is -0.383 e. The van der Waals surface area contributed by atoms with Crippen LogP contribution in [0.5, 0.6) is 0 Å². The highest BCUT2D eigenvalue weighted by molar-refractivity contribution is 4.87. The molecule has 0 unspecified atom stereocenters. The first kappa shape index (κ1) is 13.0. The Morgan fingerprint density at radius 3 is 2.40 bits per heavy atom. The van der Waals surface area contributed by atoms with E-state index in [1.54, 1.807) is 7.11 Å². The van der Waals surface area contributed by atoms with Gasteiger partial charge in [-0.15, -0.1) is 0 Å². The standard InChI is InChI=1S/C13H27NO/c1-12(2)13(7-5-4-6-8-13)11-14-9-10-15-3/h12,14H,4-11H2,1-3H3. The number of methoxy groups -OCH3 is 1. The van der Waals surface area contributed by atoms with Gasteiger partial charge in [0.2, 0.25) is 0 Å². The van der Waals surface area contributed by atoms with Crippen molar-refractivity contribution in [3.63, 3.8) is 0 Å². The van der Waals surface area contributed by atoms with E-state index >= 15 is 0 Å². The zero-order valence-electron chi connectivity index (χ0n) is 10.6. The Morgan fingerprint density at radius 2 is 1.87 bits per heavy atom. The van der Waals surface area contributed by atoms with E-state index in [1.807, 2.05) is 0 Å². The van der Waals surface area contributed by atoms with E-state index < -0.39 is 0 Å². The predicted octanol–water partition coefficient (Wildman–Crippen LogP) is 2.83. The average molecular weight is 213 g/mol. The van der Waals surface area contributed by atoms with E-state index in [-0.39, 0.29) is 0 Å². The molecule has 15 heavy (non-hydrogen) atoms. The topological polar surface area (TPSA) is 21.3 Å². The normalized spacial score (nSPS) is 20.8. The van der Waals surface area contributed by atoms with Gasteiger partial charge in [-0.3, -0.25) is 0 Å². The summed E-state index contributed by atoms with van der Waals surface area (Å²) >= 11 is 0. The van der Waals surface area contributed by atoms with Crippen molar-refractivity contribution in [1.82, 2.24) is 5.32 Å². The van der Waals surface area contributed by atoms with Crippen molar-refractivity contribution in [3.05, 3.63) is 0 Å². The summed E-state index contributed by atoms with van der Waals surface area (Å²) in [6, 6.07) is 0. The Hall–Kier alpha value is -0.0800. The second-order valence-corrected chi connectivity index (χ2v) is 5.25. The van der Waals surface area contributed by atoms with Crippen molar-refractivity contribution in [2.24, 2.45) is 11.3 Å². The molecule has 1 rings (SSSR count). The molecule has 0 atom stereocenters. The van der Waals surface area contributed by atoms with Crippen LogP contribution >= 0.6 is 0 Å². The van der Waals surface area contributed by atoms with Crippen molar-refractivity contribution in [1.29, 1.82) is 0 Å². The number of hydrogen-bond acceptors (Lipinski definition) is 2. The Bertz CT molecular complexity index is 162. The van der Waals surface area contributed by atoms with Gasteiger partial charge in [0.25, 0.3) is 0 Å². The lowest BCUT2D eigenvalue weighted by atomic mass is 9.67. The molecule has 0 aromatic heterocycles. The molecule has 1 N–H and O–H groups in total. The fraction of sp³-hybridized carbons (Fsp3) is 1.00. The van der Waals surface area contributed by atoms with E-state index in [9.17, 15) is 0 Å². The molecule has 2 nitrogen and oxygen atoms in total. The number of ether oxygens (including phenoxy) is 1. The molecule has 1 fully saturated rings. The molecule has 0 aliphatic heterocycles. The summed E-state index contributed by atoms with van der Waals surface area (Å²) in [6.07, 6.45) is 7.09. The Balaban J connectivity index is 2.35. The van der Waals surface area contributed by atoms with Crippen LogP contribution in [-0.4, -0.2) is 26.8 Å². The van der Waals surface area contributed by atoms with Crippen LogP contribution in [0.15, 0.2) is 0 Å². The maximum absolute atomic E-state index is 5.06. The van der Waals surface area contributed by atoms with Gasteiger partial charge >= 0.3 is 0 Å². The van der Waals surface area contributed by atoms with E-state index in [0.29, 0.717) is 5.41 Å². The van der Waals surface area contributed by atoms with E-state index in [1.165, 1.54) is 38.6 Å². The monoisotopic (exact) mass is 213 g/mol. The van der Waals surface area contributed by atoms with Crippen molar-refractivity contribution >= 4 is 0 Å². The summed E-state index contributed by atoms with van der Waals surface area (Å²) in [5, 5.41) is 3.55. The number of rotatable bonds is 6. The van der Waals surface area contributed by atoms with Crippen LogP contribution in [0.1, 0.15) is 46.0 Å². The molecule has 0 radical (unpaired) electrons. The molecule has 1 saturated carbocycles. The molecule has 1 aliphatic rings. The van der Waals surface area contributed by atoms with Crippen molar-refractivity contribution < 1.29 is 4.74 Å². The van der Waals surface area contributed by atoms with Gasteiger partial charge in [0, 0.05) is 20.2 Å². The summed E-state index contributed by atoms with van der Waals surface area (Å²) in [6.45, 7) is 7.75. The molecule has 0 saturated heterocycles. The minimum atomic E-state index is 0.561. The number of hydrogen-bond donors (Lipinski definition) is 1. The molecular weight excluding hydrogens is 186 g/mol. The SMILES string of the molecule is COCCNCC1(C(C)C)CCCCC1. The molecule has 0 amide bonds. The maximum Gasteiger partial charge on any atom is 0.0587 e. The van der Waals surface area contributed by atoms with Crippen LogP contribution in [0.2, 0.25) is 0 Å². The Labute approximate surface area is 94.8 Å². The molecule has 0 aromatic carbocycles. The van der Waals surface area contributed by atoms with Crippen LogP contribution < -0.4 is 5.32 Å². The van der Waals surface area contributed by atoms with E-state index in [0.717, 1.165) is 19.1 Å². The second kappa shape index (κ2) is 6.49. The zero-order valence-corrected chi connectivity index (χ0v) is 10.6. The molecule has 0 spiro atoms. The van der Waals surface area contributed by atoms with Crippen LogP contribution in [0.25, 0.3) is 0 Å². The largest absolute Gasteiger partial charge is 0.383 e. The van der Waals surface area contributed by atoms with Crippen LogP contribution in [-0.2, 0) is 4.74 Å². The predicted molar refractivity (Wildman–Crippen MR) is 65.1 cm³/mol. The Morgan fingerprint density at radius 1 is 1.20 bits per heavy atom. The fourth-order valence-corrected chi connectivity index (χ4v) is 2.73. The van der Waals surface area contributed by atoms with Crippen LogP contribution in [0.4, 0.5) is 0 Å². The quantitative estimate of drug-likeness (QED) is 0.685. The van der Waals surface area contributed by atoms with Gasteiger partial charge in [-0.2, -0.15) is 0 Å². The van der Waals surface area contributed by atoms with Gasteiger partial charge in [0.15, 0.2) is 0 Å². The second-order valence-electron chi connectivity index (χ2n) is 5.25. The summed E-state index contributed by atoms with van der Waals surface area (Å²) in [4.78, 5) is 0. The Kier molecular flexibility index (Phi) is 5.62. The van der Waals surface area contributed by atoms with E-state index in [2.05, 4.69) is 19.2 Å². The first-order valence-electron chi connectivity index (χ1n) is 6.41. The van der Waals surface area contributed by atoms with Gasteiger partial charge in [0.1, 0.15) is 0 Å². The maximum atomic E-state index is 5.06.